The van der Waals surface area contributed by atoms with Crippen LogP contribution in [0.2, 0.25) is 0 Å². The second-order valence-corrected chi connectivity index (χ2v) is 7.40. The largest absolute Gasteiger partial charge is 0.273 e. The number of hydrogen-bond acceptors (Lipinski definition) is 2. The number of allylic oxidation sites excluding steroid dienone is 4. The summed E-state index contributed by atoms with van der Waals surface area (Å²) in [4.78, 5) is 0. The van der Waals surface area contributed by atoms with Gasteiger partial charge in [-0.15, -0.1) is 6.42 Å². The van der Waals surface area contributed by atoms with Gasteiger partial charge in [0.15, 0.2) is 18.0 Å². The topological polar surface area (TPSA) is 6.48 Å². The number of para-hydroxylation sites is 2. The minimum atomic E-state index is 0. The average molecular weight is 405 g/mol. The number of aryl methyl sites for hydroxylation is 4. The van der Waals surface area contributed by atoms with Gasteiger partial charge in [-0.1, -0.05) is 41.1 Å². The number of benzene rings is 2. The fourth-order valence-electron chi connectivity index (χ4n) is 4.41. The van der Waals surface area contributed by atoms with Gasteiger partial charge in [0.05, 0.1) is 12.4 Å². The predicted octanol–water partition coefficient (Wildman–Crippen LogP) is 5.75. The van der Waals surface area contributed by atoms with E-state index in [0.717, 1.165) is 13.1 Å². The predicted molar refractivity (Wildman–Crippen MR) is 113 cm³/mol. The summed E-state index contributed by atoms with van der Waals surface area (Å²) in [5, 5.41) is 4.81. The third-order valence-electron chi connectivity index (χ3n) is 5.53. The number of quaternary nitrogens is 1. The van der Waals surface area contributed by atoms with Crippen molar-refractivity contribution in [3.8, 4) is 0 Å². The van der Waals surface area contributed by atoms with E-state index in [2.05, 4.69) is 98.7 Å². The minimum absolute atomic E-state index is 0. The fourth-order valence-corrected chi connectivity index (χ4v) is 4.41. The van der Waals surface area contributed by atoms with E-state index in [4.69, 9.17) is 0 Å². The first kappa shape index (κ1) is 20.7. The van der Waals surface area contributed by atoms with E-state index in [1.54, 1.807) is 0 Å². The van der Waals surface area contributed by atoms with Gasteiger partial charge in [-0.3, -0.25) is 6.08 Å². The molecule has 0 saturated carbocycles. The number of rotatable bonds is 2. The smallest absolute Gasteiger partial charge is 0.194 e. The zero-order valence-electron chi connectivity index (χ0n) is 17.1. The van der Waals surface area contributed by atoms with Crippen LogP contribution in [0.4, 0.5) is 11.4 Å². The number of nitrogens with zero attached hydrogens (tertiary/aromatic N) is 3. The summed E-state index contributed by atoms with van der Waals surface area (Å²) >= 11 is 0. The molecule has 142 valence electrons. The van der Waals surface area contributed by atoms with Crippen LogP contribution in [0.25, 0.3) is 0 Å². The maximum atomic E-state index is 2.99. The Bertz CT molecular complexity index is 842. The molecule has 3 nitrogen and oxygen atoms in total. The monoisotopic (exact) mass is 405 g/mol. The van der Waals surface area contributed by atoms with Crippen LogP contribution in [0.1, 0.15) is 28.7 Å². The average Bonchev–Trinajstić information content (AvgIpc) is 3.38. The van der Waals surface area contributed by atoms with E-state index in [-0.39, 0.29) is 21.7 Å². The molecule has 28 heavy (non-hydrogen) atoms. The quantitative estimate of drug-likeness (QED) is 0.357. The third kappa shape index (κ3) is 3.08. The van der Waals surface area contributed by atoms with Gasteiger partial charge in [0.1, 0.15) is 0 Å². The Labute approximate surface area is 183 Å². The van der Waals surface area contributed by atoms with Crippen LogP contribution in [-0.2, 0) is 21.7 Å². The van der Waals surface area contributed by atoms with Crippen LogP contribution in [0, 0.1) is 33.8 Å². The molecule has 0 atom stereocenters. The van der Waals surface area contributed by atoms with Gasteiger partial charge in [0.25, 0.3) is 0 Å². The molecule has 4 heteroatoms. The van der Waals surface area contributed by atoms with Crippen molar-refractivity contribution in [1.29, 1.82) is 0 Å². The van der Waals surface area contributed by atoms with Crippen molar-refractivity contribution in [2.45, 2.75) is 34.1 Å². The molecule has 6 rings (SSSR count). The summed E-state index contributed by atoms with van der Waals surface area (Å²) < 4.78 is 0.691. The molecule has 3 heterocycles. The van der Waals surface area contributed by atoms with Crippen molar-refractivity contribution >= 4 is 11.4 Å². The molecule has 1 saturated heterocycles. The van der Waals surface area contributed by atoms with Crippen LogP contribution in [0.5, 0.6) is 0 Å². The normalized spacial score (nSPS) is 17.1. The van der Waals surface area contributed by atoms with E-state index >= 15 is 0 Å². The molecule has 2 aromatic rings. The summed E-state index contributed by atoms with van der Waals surface area (Å²) in [6, 6.07) is 13.2. The maximum absolute atomic E-state index is 2.99. The zero-order valence-corrected chi connectivity index (χ0v) is 18.7. The van der Waals surface area contributed by atoms with Gasteiger partial charge >= 0.3 is 0 Å². The second-order valence-electron chi connectivity index (χ2n) is 7.40. The molecular weight excluding hydrogens is 378 g/mol. The van der Waals surface area contributed by atoms with Gasteiger partial charge in [-0.25, -0.2) is 12.2 Å². The molecule has 4 aliphatic rings. The zero-order chi connectivity index (χ0) is 19.0. The Kier molecular flexibility index (Phi) is 5.99. The van der Waals surface area contributed by atoms with Crippen LogP contribution in [-0.4, -0.2) is 16.7 Å². The summed E-state index contributed by atoms with van der Waals surface area (Å²) in [5.41, 5.74) is 8.08. The Morgan fingerprint density at radius 3 is 1.54 bits per heavy atom. The van der Waals surface area contributed by atoms with E-state index in [0.29, 0.717) is 4.70 Å². The molecule has 2 bridgehead atoms. The maximum Gasteiger partial charge on any atom is 0.194 e. The van der Waals surface area contributed by atoms with Gasteiger partial charge in [0, 0.05) is 44.0 Å². The second kappa shape index (κ2) is 8.12. The van der Waals surface area contributed by atoms with Crippen molar-refractivity contribution in [2.75, 3.05) is 6.67 Å². The van der Waals surface area contributed by atoms with Gasteiger partial charge in [-0.05, 0) is 27.7 Å². The summed E-state index contributed by atoms with van der Waals surface area (Å²) in [5.74, 6) is 0. The standard InChI is InChI=1S/C19H22N3.C5H5.Ti/c1-14-7-5-8-15(2)18(14)22(20-11-12-21(22)13-20)19-16(3)9-6-10-17(19)4;1-2-4-5-3-1;/h5-12H,13H2,1-4H3;1-3H,4H2;/q+1;-1;. The molecule has 1 fully saturated rings. The minimum Gasteiger partial charge on any atom is -0.273 e. The van der Waals surface area contributed by atoms with E-state index < -0.39 is 0 Å². The number of hydrogen-bond donors (Lipinski definition) is 0. The van der Waals surface area contributed by atoms with Crippen molar-refractivity contribution in [1.82, 2.24) is 14.7 Å². The molecule has 0 unspecified atom stereocenters. The molecule has 3 aliphatic heterocycles. The summed E-state index contributed by atoms with van der Waals surface area (Å²) in [7, 11) is 0. The van der Waals surface area contributed by atoms with E-state index in [9.17, 15) is 0 Å². The molecular formula is C24H27N3Ti. The molecule has 0 spiro atoms. The van der Waals surface area contributed by atoms with Crippen molar-refractivity contribution in [3.05, 3.63) is 95.4 Å². The SMILES string of the molecule is Cc1cccc(C)c1[N+]1(c2c(C)cccc2C)N2C=CN1C2.[C-]1=CC=CC1.[Ti]. The third-order valence-corrected chi connectivity index (χ3v) is 5.53. The van der Waals surface area contributed by atoms with Crippen LogP contribution in [0.3, 0.4) is 0 Å². The molecule has 0 amide bonds. The van der Waals surface area contributed by atoms with E-state index in [1.165, 1.54) is 33.6 Å². The van der Waals surface area contributed by atoms with Crippen LogP contribution < -0.4 is 4.70 Å². The Hall–Kier alpha value is -2.07. The van der Waals surface area contributed by atoms with Gasteiger partial charge in [0.2, 0.25) is 0 Å². The summed E-state index contributed by atoms with van der Waals surface area (Å²) in [6.07, 6.45) is 14.4. The Morgan fingerprint density at radius 1 is 0.786 bits per heavy atom. The van der Waals surface area contributed by atoms with Crippen LogP contribution >= 0.6 is 0 Å². The van der Waals surface area contributed by atoms with Crippen molar-refractivity contribution in [2.24, 2.45) is 0 Å². The molecule has 0 aromatic heterocycles. The van der Waals surface area contributed by atoms with Crippen molar-refractivity contribution in [3.63, 3.8) is 0 Å². The van der Waals surface area contributed by atoms with Crippen molar-refractivity contribution < 1.29 is 21.7 Å². The first-order chi connectivity index (χ1) is 13.1. The first-order valence-corrected chi connectivity index (χ1v) is 9.53. The molecule has 2 aromatic carbocycles. The Morgan fingerprint density at radius 2 is 1.25 bits per heavy atom. The van der Waals surface area contributed by atoms with Crippen LogP contribution in [0.15, 0.2) is 67.0 Å². The first-order valence-electron chi connectivity index (χ1n) is 9.53. The fraction of sp³-hybridized carbons (Fsp3) is 0.250. The molecule has 0 N–H and O–H groups in total. The van der Waals surface area contributed by atoms with E-state index in [1.807, 2.05) is 12.2 Å². The molecule has 0 radical (unpaired) electrons. The Balaban J connectivity index is 0.000000329. The van der Waals surface area contributed by atoms with Gasteiger partial charge in [-0.2, -0.15) is 16.1 Å². The summed E-state index contributed by atoms with van der Waals surface area (Å²) in [6.45, 7) is 9.83. The molecule has 1 aliphatic carbocycles. The van der Waals surface area contributed by atoms with Gasteiger partial charge < -0.3 is 0 Å².